The summed E-state index contributed by atoms with van der Waals surface area (Å²) in [6.07, 6.45) is -4.06. The second-order valence-electron chi connectivity index (χ2n) is 8.75. The Bertz CT molecular complexity index is 1340. The van der Waals surface area contributed by atoms with Gasteiger partial charge in [-0.15, -0.1) is 0 Å². The lowest BCUT2D eigenvalue weighted by molar-refractivity contribution is -0.186. The van der Waals surface area contributed by atoms with Gasteiger partial charge in [0, 0.05) is 0 Å². The summed E-state index contributed by atoms with van der Waals surface area (Å²) in [5.74, 6) is -0.0580. The third-order valence-corrected chi connectivity index (χ3v) is 6.30. The molecule has 0 saturated carbocycles. The van der Waals surface area contributed by atoms with Gasteiger partial charge in [0.25, 0.3) is 0 Å². The first-order chi connectivity index (χ1) is 18.1. The number of hydrogen-bond donors (Lipinski definition) is 0. The molecule has 0 fully saturated rings. The van der Waals surface area contributed by atoms with E-state index in [4.69, 9.17) is 9.47 Å². The van der Waals surface area contributed by atoms with Gasteiger partial charge in [-0.2, -0.15) is 17.6 Å². The SMILES string of the molecule is C=Cc1ccc(C(F)(F)Oc2cccc(-c3cccc(OC(F)(F)c4ccc(C=C)cc4)c3C)c2C)cc1. The third kappa shape index (κ3) is 5.49. The molecule has 0 heterocycles. The summed E-state index contributed by atoms with van der Waals surface area (Å²) < 4.78 is 70.2. The van der Waals surface area contributed by atoms with E-state index in [0.717, 1.165) is 0 Å². The monoisotopic (exact) mass is 518 g/mol. The Balaban J connectivity index is 1.64. The average Bonchev–Trinajstić information content (AvgIpc) is 2.91. The Morgan fingerprint density at radius 3 is 1.21 bits per heavy atom. The molecule has 0 aromatic heterocycles. The third-order valence-electron chi connectivity index (χ3n) is 6.30. The van der Waals surface area contributed by atoms with Crippen LogP contribution in [0, 0.1) is 13.8 Å². The van der Waals surface area contributed by atoms with Crippen molar-refractivity contribution in [2.24, 2.45) is 0 Å². The second kappa shape index (κ2) is 10.6. The van der Waals surface area contributed by atoms with Crippen molar-refractivity contribution in [3.8, 4) is 22.6 Å². The molecular formula is C32H26F4O2. The van der Waals surface area contributed by atoms with E-state index in [1.807, 2.05) is 0 Å². The minimum absolute atomic E-state index is 0.0290. The molecule has 0 aliphatic carbocycles. The van der Waals surface area contributed by atoms with Crippen LogP contribution in [-0.2, 0) is 12.2 Å². The van der Waals surface area contributed by atoms with Gasteiger partial charge < -0.3 is 9.47 Å². The number of ether oxygens (including phenoxy) is 2. The number of halogens is 4. The standard InChI is InChI=1S/C32H26F4O2/c1-5-23-13-17-25(18-14-23)31(33,34)37-29-11-7-9-27(21(29)3)28-10-8-12-30(22(28)4)38-32(35,36)26-19-15-24(6-2)16-20-26/h5-20H,1-2H2,3-4H3. The second-order valence-corrected chi connectivity index (χ2v) is 8.75. The van der Waals surface area contributed by atoms with Crippen LogP contribution in [0.2, 0.25) is 0 Å². The van der Waals surface area contributed by atoms with Gasteiger partial charge in [0.2, 0.25) is 0 Å². The molecule has 0 saturated heterocycles. The molecule has 0 N–H and O–H groups in total. The zero-order chi connectivity index (χ0) is 27.5. The summed E-state index contributed by atoms with van der Waals surface area (Å²) in [7, 11) is 0. The van der Waals surface area contributed by atoms with E-state index in [0.29, 0.717) is 33.4 Å². The van der Waals surface area contributed by atoms with Gasteiger partial charge in [-0.3, -0.25) is 0 Å². The van der Waals surface area contributed by atoms with Crippen molar-refractivity contribution >= 4 is 12.2 Å². The highest BCUT2D eigenvalue weighted by molar-refractivity contribution is 5.74. The van der Waals surface area contributed by atoms with Crippen LogP contribution in [0.4, 0.5) is 17.6 Å². The van der Waals surface area contributed by atoms with Crippen molar-refractivity contribution in [2.75, 3.05) is 0 Å². The van der Waals surface area contributed by atoms with Gasteiger partial charge in [0.15, 0.2) is 0 Å². The lowest BCUT2D eigenvalue weighted by atomic mass is 9.95. The molecule has 4 rings (SSSR count). The van der Waals surface area contributed by atoms with Crippen LogP contribution in [0.1, 0.15) is 33.4 Å². The Labute approximate surface area is 219 Å². The van der Waals surface area contributed by atoms with Crippen LogP contribution < -0.4 is 9.47 Å². The molecule has 0 unspecified atom stereocenters. The van der Waals surface area contributed by atoms with Crippen LogP contribution >= 0.6 is 0 Å². The molecule has 4 aromatic carbocycles. The topological polar surface area (TPSA) is 18.5 Å². The number of benzene rings is 4. The van der Waals surface area contributed by atoms with Crippen molar-refractivity contribution in [3.63, 3.8) is 0 Å². The van der Waals surface area contributed by atoms with Gasteiger partial charge >= 0.3 is 12.2 Å². The van der Waals surface area contributed by atoms with E-state index in [1.54, 1.807) is 50.3 Å². The summed E-state index contributed by atoms with van der Waals surface area (Å²) in [6.45, 7) is 10.5. The van der Waals surface area contributed by atoms with E-state index in [2.05, 4.69) is 13.2 Å². The van der Waals surface area contributed by atoms with Crippen LogP contribution in [-0.4, -0.2) is 0 Å². The predicted molar refractivity (Wildman–Crippen MR) is 143 cm³/mol. The summed E-state index contributed by atoms with van der Waals surface area (Å²) in [6, 6.07) is 20.7. The maximum atomic E-state index is 15.0. The number of rotatable bonds is 9. The molecule has 0 radical (unpaired) electrons. The molecular weight excluding hydrogens is 492 g/mol. The lowest BCUT2D eigenvalue weighted by Gasteiger charge is -2.23. The van der Waals surface area contributed by atoms with E-state index >= 15 is 0 Å². The summed E-state index contributed by atoms with van der Waals surface area (Å²) in [4.78, 5) is 0. The first-order valence-corrected chi connectivity index (χ1v) is 11.8. The van der Waals surface area contributed by atoms with Gasteiger partial charge in [-0.25, -0.2) is 0 Å². The Morgan fingerprint density at radius 1 is 0.553 bits per heavy atom. The number of alkyl halides is 4. The summed E-state index contributed by atoms with van der Waals surface area (Å²) in [5, 5.41) is 0. The maximum Gasteiger partial charge on any atom is 0.426 e. The molecule has 194 valence electrons. The molecule has 6 heteroatoms. The zero-order valence-electron chi connectivity index (χ0n) is 21.0. The quantitative estimate of drug-likeness (QED) is 0.205. The Morgan fingerprint density at radius 2 is 0.895 bits per heavy atom. The highest BCUT2D eigenvalue weighted by atomic mass is 19.3. The molecule has 0 aliphatic rings. The highest BCUT2D eigenvalue weighted by Crippen LogP contribution is 2.41. The van der Waals surface area contributed by atoms with Crippen LogP contribution in [0.5, 0.6) is 11.5 Å². The van der Waals surface area contributed by atoms with Gasteiger partial charge in [-0.05, 0) is 83.6 Å². The predicted octanol–water partition coefficient (Wildman–Crippen LogP) is 9.51. The fourth-order valence-corrected chi connectivity index (χ4v) is 4.05. The van der Waals surface area contributed by atoms with Crippen LogP contribution in [0.3, 0.4) is 0 Å². The Hall–Kier alpha value is -4.32. The summed E-state index contributed by atoms with van der Waals surface area (Å²) >= 11 is 0. The fraction of sp³-hybridized carbons (Fsp3) is 0.125. The minimum atomic E-state index is -3.59. The van der Waals surface area contributed by atoms with Crippen LogP contribution in [0.15, 0.2) is 98.1 Å². The molecule has 38 heavy (non-hydrogen) atoms. The van der Waals surface area contributed by atoms with Crippen molar-refractivity contribution in [3.05, 3.63) is 131 Å². The first kappa shape index (κ1) is 26.7. The molecule has 0 aliphatic heterocycles. The first-order valence-electron chi connectivity index (χ1n) is 11.8. The molecule has 0 bridgehead atoms. The molecule has 4 aromatic rings. The fourth-order valence-electron chi connectivity index (χ4n) is 4.05. The maximum absolute atomic E-state index is 15.0. The van der Waals surface area contributed by atoms with Crippen molar-refractivity contribution in [1.29, 1.82) is 0 Å². The summed E-state index contributed by atoms with van der Waals surface area (Å²) in [5.41, 5.74) is 2.79. The van der Waals surface area contributed by atoms with Crippen molar-refractivity contribution < 1.29 is 27.0 Å². The van der Waals surface area contributed by atoms with Gasteiger partial charge in [0.1, 0.15) is 11.5 Å². The van der Waals surface area contributed by atoms with Gasteiger partial charge in [0.05, 0.1) is 11.1 Å². The van der Waals surface area contributed by atoms with E-state index in [1.165, 1.54) is 60.7 Å². The van der Waals surface area contributed by atoms with Gasteiger partial charge in [-0.1, -0.05) is 73.8 Å². The molecule has 2 nitrogen and oxygen atoms in total. The van der Waals surface area contributed by atoms with Crippen LogP contribution in [0.25, 0.3) is 23.3 Å². The van der Waals surface area contributed by atoms with E-state index in [9.17, 15) is 17.6 Å². The highest BCUT2D eigenvalue weighted by Gasteiger charge is 2.36. The minimum Gasteiger partial charge on any atom is -0.429 e. The largest absolute Gasteiger partial charge is 0.429 e. The molecule has 0 spiro atoms. The van der Waals surface area contributed by atoms with Crippen molar-refractivity contribution in [1.82, 2.24) is 0 Å². The zero-order valence-corrected chi connectivity index (χ0v) is 21.0. The van der Waals surface area contributed by atoms with E-state index in [-0.39, 0.29) is 22.6 Å². The number of hydrogen-bond acceptors (Lipinski definition) is 2. The normalized spacial score (nSPS) is 11.6. The molecule has 0 atom stereocenters. The average molecular weight is 519 g/mol. The Kier molecular flexibility index (Phi) is 7.44. The molecule has 0 amide bonds. The lowest BCUT2D eigenvalue weighted by Crippen LogP contribution is -2.22. The van der Waals surface area contributed by atoms with E-state index < -0.39 is 12.2 Å². The smallest absolute Gasteiger partial charge is 0.426 e. The van der Waals surface area contributed by atoms with Crippen molar-refractivity contribution in [2.45, 2.75) is 26.1 Å².